The van der Waals surface area contributed by atoms with E-state index >= 15 is 0 Å². The standard InChI is InChI=1S/C20H12IN3O/c21-15-7-5-13(6-8-15)19-10-9-16(25-19)11-14(12-22)20-23-17-3-1-2-4-18(17)24-20/h1-11H,(H,23,24)/b14-11-. The molecule has 0 aliphatic carbocycles. The van der Waals surface area contributed by atoms with E-state index in [1.165, 1.54) is 3.57 Å². The van der Waals surface area contributed by atoms with Gasteiger partial charge in [0.2, 0.25) is 0 Å². The van der Waals surface area contributed by atoms with Crippen LogP contribution in [0.3, 0.4) is 0 Å². The van der Waals surface area contributed by atoms with E-state index in [1.54, 1.807) is 6.08 Å². The van der Waals surface area contributed by atoms with Crippen molar-refractivity contribution in [2.75, 3.05) is 0 Å². The van der Waals surface area contributed by atoms with Crippen molar-refractivity contribution in [1.29, 1.82) is 5.26 Å². The van der Waals surface area contributed by atoms with Crippen molar-refractivity contribution >= 4 is 45.3 Å². The van der Waals surface area contributed by atoms with E-state index in [-0.39, 0.29) is 0 Å². The topological polar surface area (TPSA) is 65.6 Å². The Morgan fingerprint density at radius 1 is 1.08 bits per heavy atom. The summed E-state index contributed by atoms with van der Waals surface area (Å²) in [4.78, 5) is 7.63. The SMILES string of the molecule is N#C/C(=C/c1ccc(-c2ccc(I)cc2)o1)c1nc2ccccc2[nH]1. The Hall–Kier alpha value is -2.85. The minimum absolute atomic E-state index is 0.430. The summed E-state index contributed by atoms with van der Waals surface area (Å²) in [5, 5.41) is 9.50. The van der Waals surface area contributed by atoms with Crippen LogP contribution < -0.4 is 0 Å². The molecule has 0 spiro atoms. The molecule has 0 fully saturated rings. The second-order valence-corrected chi connectivity index (χ2v) is 6.73. The first-order valence-corrected chi connectivity index (χ1v) is 8.73. The lowest BCUT2D eigenvalue weighted by molar-refractivity contribution is 0.572. The Bertz CT molecular complexity index is 1080. The quantitative estimate of drug-likeness (QED) is 0.341. The summed E-state index contributed by atoms with van der Waals surface area (Å²) in [6.45, 7) is 0. The van der Waals surface area contributed by atoms with Crippen LogP contribution in [0.4, 0.5) is 0 Å². The number of nitriles is 1. The second-order valence-electron chi connectivity index (χ2n) is 5.48. The van der Waals surface area contributed by atoms with Gasteiger partial charge >= 0.3 is 0 Å². The van der Waals surface area contributed by atoms with Gasteiger partial charge in [0.1, 0.15) is 23.4 Å². The number of hydrogen-bond acceptors (Lipinski definition) is 3. The van der Waals surface area contributed by atoms with Gasteiger partial charge in [0.25, 0.3) is 0 Å². The van der Waals surface area contributed by atoms with E-state index in [9.17, 15) is 5.26 Å². The molecule has 0 unspecified atom stereocenters. The lowest BCUT2D eigenvalue weighted by Gasteiger charge is -1.97. The van der Waals surface area contributed by atoms with Gasteiger partial charge < -0.3 is 9.40 Å². The van der Waals surface area contributed by atoms with Gasteiger partial charge in [-0.1, -0.05) is 24.3 Å². The van der Waals surface area contributed by atoms with Crippen molar-refractivity contribution < 1.29 is 4.42 Å². The van der Waals surface area contributed by atoms with Gasteiger partial charge in [0.05, 0.1) is 16.6 Å². The van der Waals surface area contributed by atoms with E-state index < -0.39 is 0 Å². The van der Waals surface area contributed by atoms with Crippen LogP contribution in [0.15, 0.2) is 65.1 Å². The highest BCUT2D eigenvalue weighted by Gasteiger charge is 2.10. The number of allylic oxidation sites excluding steroid dienone is 1. The first-order valence-electron chi connectivity index (χ1n) is 7.65. The van der Waals surface area contributed by atoms with Crippen molar-refractivity contribution in [3.8, 4) is 17.4 Å². The number of nitrogens with one attached hydrogen (secondary N) is 1. The van der Waals surface area contributed by atoms with Gasteiger partial charge in [0.15, 0.2) is 0 Å². The van der Waals surface area contributed by atoms with Crippen LogP contribution in [0, 0.1) is 14.9 Å². The van der Waals surface area contributed by atoms with Crippen LogP contribution in [0.2, 0.25) is 0 Å². The van der Waals surface area contributed by atoms with E-state index in [2.05, 4.69) is 38.6 Å². The number of nitrogens with zero attached hydrogens (tertiary/aromatic N) is 2. The number of furan rings is 1. The summed E-state index contributed by atoms with van der Waals surface area (Å²) in [6.07, 6.45) is 1.70. The van der Waals surface area contributed by atoms with Crippen molar-refractivity contribution in [3.05, 3.63) is 75.8 Å². The highest BCUT2D eigenvalue weighted by molar-refractivity contribution is 14.1. The minimum Gasteiger partial charge on any atom is -0.457 e. The predicted octanol–water partition coefficient (Wildman–Crippen LogP) is 5.49. The number of halogens is 1. The number of fused-ring (bicyclic) bond motifs is 1. The molecule has 4 rings (SSSR count). The van der Waals surface area contributed by atoms with Crippen molar-refractivity contribution in [3.63, 3.8) is 0 Å². The number of rotatable bonds is 3. The second kappa shape index (κ2) is 6.57. The highest BCUT2D eigenvalue weighted by Crippen LogP contribution is 2.25. The molecule has 0 amide bonds. The zero-order valence-electron chi connectivity index (χ0n) is 13.0. The molecule has 1 N–H and O–H groups in total. The summed E-state index contributed by atoms with van der Waals surface area (Å²) >= 11 is 2.27. The molecule has 0 saturated carbocycles. The molecule has 0 aliphatic rings. The summed E-state index contributed by atoms with van der Waals surface area (Å²) in [5.74, 6) is 1.92. The highest BCUT2D eigenvalue weighted by atomic mass is 127. The Morgan fingerprint density at radius 2 is 1.88 bits per heavy atom. The molecule has 25 heavy (non-hydrogen) atoms. The smallest absolute Gasteiger partial charge is 0.149 e. The molecule has 4 nitrogen and oxygen atoms in total. The number of hydrogen-bond donors (Lipinski definition) is 1. The van der Waals surface area contributed by atoms with Gasteiger partial charge in [0, 0.05) is 15.2 Å². The molecule has 0 bridgehead atoms. The number of benzene rings is 2. The Kier molecular flexibility index (Phi) is 4.12. The molecule has 0 atom stereocenters. The number of aromatic amines is 1. The summed E-state index contributed by atoms with van der Waals surface area (Å²) in [7, 11) is 0. The molecule has 0 radical (unpaired) electrons. The van der Waals surface area contributed by atoms with Crippen molar-refractivity contribution in [2.24, 2.45) is 0 Å². The molecule has 5 heteroatoms. The molecule has 0 aliphatic heterocycles. The fourth-order valence-corrected chi connectivity index (χ4v) is 2.94. The third-order valence-electron chi connectivity index (χ3n) is 3.81. The first kappa shape index (κ1) is 15.7. The molecule has 120 valence electrons. The van der Waals surface area contributed by atoms with Gasteiger partial charge in [-0.25, -0.2) is 4.98 Å². The van der Waals surface area contributed by atoms with Gasteiger partial charge in [-0.15, -0.1) is 0 Å². The molecule has 0 saturated heterocycles. The zero-order chi connectivity index (χ0) is 17.2. The average molecular weight is 437 g/mol. The monoisotopic (exact) mass is 437 g/mol. The van der Waals surface area contributed by atoms with Crippen LogP contribution in [0.5, 0.6) is 0 Å². The number of H-pyrrole nitrogens is 1. The van der Waals surface area contributed by atoms with Crippen LogP contribution in [-0.2, 0) is 0 Å². The van der Waals surface area contributed by atoms with E-state index in [1.807, 2.05) is 60.7 Å². The molecule has 2 heterocycles. The fraction of sp³-hybridized carbons (Fsp3) is 0. The first-order chi connectivity index (χ1) is 12.2. The maximum atomic E-state index is 9.50. The van der Waals surface area contributed by atoms with E-state index in [0.717, 1.165) is 22.4 Å². The zero-order valence-corrected chi connectivity index (χ0v) is 15.2. The predicted molar refractivity (Wildman–Crippen MR) is 106 cm³/mol. The van der Waals surface area contributed by atoms with Gasteiger partial charge in [-0.05, 0) is 59.0 Å². The lowest BCUT2D eigenvalue weighted by Crippen LogP contribution is -1.84. The van der Waals surface area contributed by atoms with Gasteiger partial charge in [-0.3, -0.25) is 0 Å². The van der Waals surface area contributed by atoms with Crippen LogP contribution in [0.1, 0.15) is 11.6 Å². The number of imidazole rings is 1. The van der Waals surface area contributed by atoms with Gasteiger partial charge in [-0.2, -0.15) is 5.26 Å². The van der Waals surface area contributed by atoms with Crippen LogP contribution in [-0.4, -0.2) is 9.97 Å². The van der Waals surface area contributed by atoms with Crippen LogP contribution >= 0.6 is 22.6 Å². The summed E-state index contributed by atoms with van der Waals surface area (Å²) in [6, 6.07) is 21.7. The Morgan fingerprint density at radius 3 is 2.64 bits per heavy atom. The fourth-order valence-electron chi connectivity index (χ4n) is 2.58. The van der Waals surface area contributed by atoms with E-state index in [4.69, 9.17) is 4.42 Å². The van der Waals surface area contributed by atoms with E-state index in [0.29, 0.717) is 17.2 Å². The molecule has 4 aromatic rings. The minimum atomic E-state index is 0.430. The third kappa shape index (κ3) is 3.21. The largest absolute Gasteiger partial charge is 0.457 e. The Labute approximate surface area is 158 Å². The maximum absolute atomic E-state index is 9.50. The number of aromatic nitrogens is 2. The summed E-state index contributed by atoms with van der Waals surface area (Å²) in [5.41, 5.74) is 3.16. The molecular weight excluding hydrogens is 425 g/mol. The normalized spacial score (nSPS) is 11.6. The van der Waals surface area contributed by atoms with Crippen molar-refractivity contribution in [2.45, 2.75) is 0 Å². The third-order valence-corrected chi connectivity index (χ3v) is 4.53. The summed E-state index contributed by atoms with van der Waals surface area (Å²) < 4.78 is 7.04. The number of para-hydroxylation sites is 2. The Balaban J connectivity index is 1.69. The maximum Gasteiger partial charge on any atom is 0.149 e. The van der Waals surface area contributed by atoms with Crippen LogP contribution in [0.25, 0.3) is 34.0 Å². The lowest BCUT2D eigenvalue weighted by atomic mass is 10.2. The average Bonchev–Trinajstić information content (AvgIpc) is 3.27. The van der Waals surface area contributed by atoms with Crippen molar-refractivity contribution in [1.82, 2.24) is 9.97 Å². The molecule has 2 aromatic carbocycles. The molecular formula is C20H12IN3O. The molecule has 2 aromatic heterocycles.